The molecule has 72 valence electrons. The summed E-state index contributed by atoms with van der Waals surface area (Å²) in [5, 5.41) is 1.01. The van der Waals surface area contributed by atoms with Crippen LogP contribution in [0, 0.1) is 0 Å². The van der Waals surface area contributed by atoms with E-state index in [-0.39, 0.29) is 5.88 Å². The summed E-state index contributed by atoms with van der Waals surface area (Å²) in [7, 11) is 0. The number of hydrogen-bond donors (Lipinski definition) is 1. The maximum Gasteiger partial charge on any atom is 0.159 e. The summed E-state index contributed by atoms with van der Waals surface area (Å²) in [5.74, 6) is 0.604. The van der Waals surface area contributed by atoms with Gasteiger partial charge in [0, 0.05) is 5.39 Å². The molecule has 1 aromatic heterocycles. The number of amidine groups is 1. The smallest absolute Gasteiger partial charge is 0.159 e. The number of benzene rings is 1. The first-order valence-corrected chi connectivity index (χ1v) is 4.70. The molecule has 1 aromatic carbocycles. The predicted molar refractivity (Wildman–Crippen MR) is 58.2 cm³/mol. The molecular weight excluding hydrogens is 200 g/mol. The van der Waals surface area contributed by atoms with Gasteiger partial charge in [0.15, 0.2) is 5.58 Å². The third-order valence-electron chi connectivity index (χ3n) is 1.86. The van der Waals surface area contributed by atoms with E-state index < -0.39 is 0 Å². The first kappa shape index (κ1) is 9.09. The first-order valence-electron chi connectivity index (χ1n) is 4.16. The summed E-state index contributed by atoms with van der Waals surface area (Å²) < 4.78 is 5.29. The lowest BCUT2D eigenvalue weighted by molar-refractivity contribution is 0.616. The van der Waals surface area contributed by atoms with Gasteiger partial charge < -0.3 is 10.2 Å². The summed E-state index contributed by atoms with van der Waals surface area (Å²) >= 11 is 5.54. The Morgan fingerprint density at radius 2 is 2.29 bits per heavy atom. The van der Waals surface area contributed by atoms with Crippen molar-refractivity contribution in [3.8, 4) is 0 Å². The fourth-order valence-corrected chi connectivity index (χ4v) is 1.31. The van der Waals surface area contributed by atoms with E-state index in [4.69, 9.17) is 21.8 Å². The molecule has 0 fully saturated rings. The molecule has 2 N–H and O–H groups in total. The van der Waals surface area contributed by atoms with Crippen molar-refractivity contribution in [1.29, 1.82) is 0 Å². The topological polar surface area (TPSA) is 51.5 Å². The Morgan fingerprint density at radius 3 is 3.07 bits per heavy atom. The van der Waals surface area contributed by atoms with Crippen LogP contribution in [0.4, 0.5) is 5.69 Å². The second-order valence-corrected chi connectivity index (χ2v) is 3.12. The molecule has 2 aromatic rings. The van der Waals surface area contributed by atoms with Crippen LogP contribution in [0.15, 0.2) is 39.9 Å². The number of halogens is 1. The van der Waals surface area contributed by atoms with E-state index in [1.165, 1.54) is 0 Å². The second kappa shape index (κ2) is 3.72. The number of hydrogen-bond acceptors (Lipinski definition) is 2. The second-order valence-electron chi connectivity index (χ2n) is 2.85. The molecule has 0 saturated carbocycles. The third kappa shape index (κ3) is 1.59. The molecule has 0 bridgehead atoms. The Balaban J connectivity index is 2.56. The van der Waals surface area contributed by atoms with E-state index in [9.17, 15) is 0 Å². The molecule has 4 heteroatoms. The summed E-state index contributed by atoms with van der Waals surface area (Å²) in [5.41, 5.74) is 6.99. The van der Waals surface area contributed by atoms with Gasteiger partial charge in [-0.15, -0.1) is 11.6 Å². The summed E-state index contributed by atoms with van der Waals surface area (Å²) in [6, 6.07) is 7.57. The van der Waals surface area contributed by atoms with E-state index in [2.05, 4.69) is 4.99 Å². The molecule has 0 atom stereocenters. The molecule has 0 aliphatic rings. The Labute approximate surface area is 86.2 Å². The van der Waals surface area contributed by atoms with Crippen molar-refractivity contribution in [3.63, 3.8) is 0 Å². The minimum atomic E-state index is 0.219. The van der Waals surface area contributed by atoms with Crippen molar-refractivity contribution < 1.29 is 4.42 Å². The van der Waals surface area contributed by atoms with Gasteiger partial charge in [-0.3, -0.25) is 0 Å². The quantitative estimate of drug-likeness (QED) is 0.469. The minimum Gasteiger partial charge on any atom is -0.462 e. The average molecular weight is 209 g/mol. The highest BCUT2D eigenvalue weighted by Crippen LogP contribution is 2.26. The summed E-state index contributed by atoms with van der Waals surface area (Å²) in [6.07, 6.45) is 1.63. The standard InChI is InChI=1S/C10H9ClN2O/c11-6-9(12)13-8-3-1-2-7-4-5-14-10(7)8/h1-5H,6H2,(H2,12,13). The highest BCUT2D eigenvalue weighted by Gasteiger charge is 2.02. The lowest BCUT2D eigenvalue weighted by Crippen LogP contribution is -2.12. The normalized spacial score (nSPS) is 12.2. The van der Waals surface area contributed by atoms with Crippen molar-refractivity contribution in [3.05, 3.63) is 30.5 Å². The third-order valence-corrected chi connectivity index (χ3v) is 2.13. The van der Waals surface area contributed by atoms with E-state index >= 15 is 0 Å². The number of para-hydroxylation sites is 1. The molecule has 14 heavy (non-hydrogen) atoms. The van der Waals surface area contributed by atoms with Crippen molar-refractivity contribution in [2.24, 2.45) is 10.7 Å². The van der Waals surface area contributed by atoms with Crippen LogP contribution >= 0.6 is 11.6 Å². The van der Waals surface area contributed by atoms with Crippen LogP contribution in [0.2, 0.25) is 0 Å². The van der Waals surface area contributed by atoms with E-state index in [1.807, 2.05) is 24.3 Å². The number of alkyl halides is 1. The van der Waals surface area contributed by atoms with Crippen LogP contribution < -0.4 is 5.73 Å². The highest BCUT2D eigenvalue weighted by atomic mass is 35.5. The van der Waals surface area contributed by atoms with Gasteiger partial charge in [0.05, 0.1) is 12.1 Å². The van der Waals surface area contributed by atoms with Crippen LogP contribution in [-0.2, 0) is 0 Å². The molecule has 0 saturated heterocycles. The van der Waals surface area contributed by atoms with E-state index in [1.54, 1.807) is 6.26 Å². The van der Waals surface area contributed by atoms with Gasteiger partial charge in [-0.05, 0) is 12.1 Å². The van der Waals surface area contributed by atoms with Crippen molar-refractivity contribution >= 4 is 34.1 Å². The number of nitrogens with zero attached hydrogens (tertiary/aromatic N) is 1. The zero-order valence-corrected chi connectivity index (χ0v) is 8.16. The predicted octanol–water partition coefficient (Wildman–Crippen LogP) is 2.66. The zero-order valence-electron chi connectivity index (χ0n) is 7.40. The molecule has 0 aliphatic carbocycles. The SMILES string of the molecule is NC(CCl)=Nc1cccc2ccoc12. The fourth-order valence-electron chi connectivity index (χ4n) is 1.25. The van der Waals surface area contributed by atoms with Gasteiger partial charge in [0.2, 0.25) is 0 Å². The zero-order chi connectivity index (χ0) is 9.97. The van der Waals surface area contributed by atoms with Gasteiger partial charge >= 0.3 is 0 Å². The molecule has 1 heterocycles. The van der Waals surface area contributed by atoms with Crippen LogP contribution in [0.1, 0.15) is 0 Å². The van der Waals surface area contributed by atoms with Crippen LogP contribution in [0.3, 0.4) is 0 Å². The van der Waals surface area contributed by atoms with Crippen LogP contribution in [-0.4, -0.2) is 11.7 Å². The molecule has 0 amide bonds. The van der Waals surface area contributed by atoms with Crippen molar-refractivity contribution in [1.82, 2.24) is 0 Å². The monoisotopic (exact) mass is 208 g/mol. The lowest BCUT2D eigenvalue weighted by Gasteiger charge is -1.96. The number of aliphatic imine (C=N–C) groups is 1. The minimum absolute atomic E-state index is 0.219. The van der Waals surface area contributed by atoms with Crippen LogP contribution in [0.25, 0.3) is 11.0 Å². The van der Waals surface area contributed by atoms with E-state index in [0.29, 0.717) is 11.5 Å². The highest BCUT2D eigenvalue weighted by molar-refractivity contribution is 6.28. The van der Waals surface area contributed by atoms with Crippen molar-refractivity contribution in [2.75, 3.05) is 5.88 Å². The van der Waals surface area contributed by atoms with Gasteiger partial charge in [0.1, 0.15) is 11.5 Å². The number of furan rings is 1. The van der Waals surface area contributed by atoms with Gasteiger partial charge in [-0.1, -0.05) is 12.1 Å². The van der Waals surface area contributed by atoms with E-state index in [0.717, 1.165) is 11.0 Å². The maximum atomic E-state index is 5.54. The number of rotatable bonds is 2. The maximum absolute atomic E-state index is 5.54. The first-order chi connectivity index (χ1) is 6.81. The van der Waals surface area contributed by atoms with Gasteiger partial charge in [-0.2, -0.15) is 0 Å². The molecule has 3 nitrogen and oxygen atoms in total. The Morgan fingerprint density at radius 1 is 1.43 bits per heavy atom. The molecular formula is C10H9ClN2O. The Kier molecular flexibility index (Phi) is 2.41. The van der Waals surface area contributed by atoms with Crippen molar-refractivity contribution in [2.45, 2.75) is 0 Å². The molecule has 0 unspecified atom stereocenters. The van der Waals surface area contributed by atoms with Gasteiger partial charge in [0.25, 0.3) is 0 Å². The molecule has 2 rings (SSSR count). The van der Waals surface area contributed by atoms with Gasteiger partial charge in [-0.25, -0.2) is 4.99 Å². The largest absolute Gasteiger partial charge is 0.462 e. The molecule has 0 spiro atoms. The summed E-state index contributed by atoms with van der Waals surface area (Å²) in [4.78, 5) is 4.15. The number of nitrogens with two attached hydrogens (primary N) is 1. The fraction of sp³-hybridized carbons (Fsp3) is 0.100. The number of fused-ring (bicyclic) bond motifs is 1. The summed E-state index contributed by atoms with van der Waals surface area (Å²) in [6.45, 7) is 0. The Bertz CT molecular complexity index is 476. The average Bonchev–Trinajstić information content (AvgIpc) is 2.66. The molecule has 0 aliphatic heterocycles. The Hall–Kier alpha value is -1.48. The van der Waals surface area contributed by atoms with Crippen LogP contribution in [0.5, 0.6) is 0 Å². The lowest BCUT2D eigenvalue weighted by atomic mass is 10.2. The molecule has 0 radical (unpaired) electrons.